The summed E-state index contributed by atoms with van der Waals surface area (Å²) in [6.07, 6.45) is 0. The Labute approximate surface area is 152 Å². The Morgan fingerprint density at radius 3 is 2.22 bits per heavy atom. The largest absolute Gasteiger partial charge is 0.325 e. The molecule has 0 spiro atoms. The van der Waals surface area contributed by atoms with Crippen LogP contribution in [0.3, 0.4) is 0 Å². The fourth-order valence-electron chi connectivity index (χ4n) is 2.90. The lowest BCUT2D eigenvalue weighted by atomic mass is 9.92. The van der Waals surface area contributed by atoms with Crippen LogP contribution in [0.5, 0.6) is 0 Å². The molecular formula is C17H14N4O6. The standard InChI is InChI=1S/C17H14N4O6/c1-17(12-5-7-13(8-6-12)20(24)25)15(22)19(16(23)18-17)10-11-3-2-4-14(9-11)21(26)27/h2-9H,10H2,1H3,(H,18,23). The molecule has 0 aromatic heterocycles. The Morgan fingerprint density at radius 2 is 1.63 bits per heavy atom. The molecule has 1 fully saturated rings. The summed E-state index contributed by atoms with van der Waals surface area (Å²) in [5.41, 5.74) is -0.827. The van der Waals surface area contributed by atoms with Crippen LogP contribution in [0.4, 0.5) is 16.2 Å². The highest BCUT2D eigenvalue weighted by atomic mass is 16.6. The number of hydrogen-bond donors (Lipinski definition) is 1. The fourth-order valence-corrected chi connectivity index (χ4v) is 2.90. The SMILES string of the molecule is CC1(c2ccc([N+](=O)[O-])cc2)NC(=O)N(Cc2cccc([N+](=O)[O-])c2)C1=O. The van der Waals surface area contributed by atoms with E-state index in [1.54, 1.807) is 6.07 Å². The van der Waals surface area contributed by atoms with Crippen LogP contribution in [-0.2, 0) is 16.9 Å². The lowest BCUT2D eigenvalue weighted by molar-refractivity contribution is -0.385. The molecule has 138 valence electrons. The number of urea groups is 1. The average Bonchev–Trinajstić information content (AvgIpc) is 2.86. The summed E-state index contributed by atoms with van der Waals surface area (Å²) in [6, 6.07) is 10.3. The molecule has 0 aliphatic carbocycles. The maximum atomic E-state index is 12.9. The molecule has 1 N–H and O–H groups in total. The second-order valence-corrected chi connectivity index (χ2v) is 6.18. The zero-order valence-corrected chi connectivity index (χ0v) is 14.1. The molecule has 10 heteroatoms. The number of benzene rings is 2. The molecule has 0 bridgehead atoms. The number of carbonyl (C=O) groups excluding carboxylic acids is 2. The van der Waals surface area contributed by atoms with E-state index in [0.29, 0.717) is 11.1 Å². The molecule has 1 atom stereocenters. The molecule has 1 heterocycles. The topological polar surface area (TPSA) is 136 Å². The number of nitrogens with zero attached hydrogens (tertiary/aromatic N) is 3. The van der Waals surface area contributed by atoms with Gasteiger partial charge in [0.05, 0.1) is 16.4 Å². The minimum atomic E-state index is -1.38. The number of carbonyl (C=O) groups is 2. The van der Waals surface area contributed by atoms with Crippen LogP contribution < -0.4 is 5.32 Å². The normalized spacial score (nSPS) is 19.1. The summed E-state index contributed by atoms with van der Waals surface area (Å²) in [4.78, 5) is 46.7. The van der Waals surface area contributed by atoms with Crippen molar-refractivity contribution >= 4 is 23.3 Å². The Bertz CT molecular complexity index is 958. The van der Waals surface area contributed by atoms with E-state index in [0.717, 1.165) is 4.90 Å². The van der Waals surface area contributed by atoms with E-state index in [4.69, 9.17) is 0 Å². The van der Waals surface area contributed by atoms with Crippen molar-refractivity contribution in [2.75, 3.05) is 0 Å². The van der Waals surface area contributed by atoms with E-state index in [-0.39, 0.29) is 17.9 Å². The van der Waals surface area contributed by atoms with Crippen molar-refractivity contribution in [3.63, 3.8) is 0 Å². The molecule has 27 heavy (non-hydrogen) atoms. The summed E-state index contributed by atoms with van der Waals surface area (Å²) in [6.45, 7) is 1.37. The number of nitro groups is 2. The molecule has 1 saturated heterocycles. The minimum absolute atomic E-state index is 0.130. The van der Waals surface area contributed by atoms with Crippen LogP contribution in [0.15, 0.2) is 48.5 Å². The van der Waals surface area contributed by atoms with Crippen LogP contribution in [-0.4, -0.2) is 26.7 Å². The molecule has 1 aliphatic heterocycles. The average molecular weight is 370 g/mol. The highest BCUT2D eigenvalue weighted by Crippen LogP contribution is 2.31. The first kappa shape index (κ1) is 18.0. The van der Waals surface area contributed by atoms with Gasteiger partial charge in [-0.15, -0.1) is 0 Å². The van der Waals surface area contributed by atoms with Crippen LogP contribution in [0, 0.1) is 20.2 Å². The van der Waals surface area contributed by atoms with Gasteiger partial charge < -0.3 is 5.32 Å². The highest BCUT2D eigenvalue weighted by molar-refractivity contribution is 6.07. The Kier molecular flexibility index (Phi) is 4.32. The maximum absolute atomic E-state index is 12.9. The molecule has 3 rings (SSSR count). The number of non-ortho nitro benzene ring substituents is 2. The smallest absolute Gasteiger partial charge is 0.319 e. The number of amides is 3. The van der Waals surface area contributed by atoms with Crippen molar-refractivity contribution in [3.05, 3.63) is 79.9 Å². The third-order valence-electron chi connectivity index (χ3n) is 4.39. The molecule has 3 amide bonds. The Hall–Kier alpha value is -3.82. The van der Waals surface area contributed by atoms with Crippen LogP contribution in [0.2, 0.25) is 0 Å². The van der Waals surface area contributed by atoms with Gasteiger partial charge in [-0.1, -0.05) is 12.1 Å². The second-order valence-electron chi connectivity index (χ2n) is 6.18. The molecule has 1 unspecified atom stereocenters. The number of imide groups is 1. The van der Waals surface area contributed by atoms with Crippen molar-refractivity contribution in [2.24, 2.45) is 0 Å². The molecule has 2 aromatic rings. The third kappa shape index (κ3) is 3.19. The van der Waals surface area contributed by atoms with Gasteiger partial charge in [-0.2, -0.15) is 0 Å². The predicted molar refractivity (Wildman–Crippen MR) is 92.6 cm³/mol. The number of hydrogen-bond acceptors (Lipinski definition) is 6. The van der Waals surface area contributed by atoms with Gasteiger partial charge in [-0.25, -0.2) is 4.79 Å². The van der Waals surface area contributed by atoms with E-state index in [1.807, 2.05) is 0 Å². The zero-order valence-electron chi connectivity index (χ0n) is 14.1. The van der Waals surface area contributed by atoms with Gasteiger partial charge in [0, 0.05) is 24.3 Å². The lowest BCUT2D eigenvalue weighted by Gasteiger charge is -2.22. The summed E-state index contributed by atoms with van der Waals surface area (Å²) in [5.74, 6) is -0.548. The lowest BCUT2D eigenvalue weighted by Crippen LogP contribution is -2.40. The van der Waals surface area contributed by atoms with Gasteiger partial charge >= 0.3 is 6.03 Å². The number of nitro benzene ring substituents is 2. The third-order valence-corrected chi connectivity index (χ3v) is 4.39. The van der Waals surface area contributed by atoms with Crippen molar-refractivity contribution in [1.82, 2.24) is 10.2 Å². The van der Waals surface area contributed by atoms with Gasteiger partial charge in [0.15, 0.2) is 0 Å². The molecule has 0 saturated carbocycles. The predicted octanol–water partition coefficient (Wildman–Crippen LogP) is 2.47. The molecule has 2 aromatic carbocycles. The van der Waals surface area contributed by atoms with E-state index < -0.39 is 27.3 Å². The van der Waals surface area contributed by atoms with Crippen molar-refractivity contribution < 1.29 is 19.4 Å². The molecule has 0 radical (unpaired) electrons. The van der Waals surface area contributed by atoms with Crippen molar-refractivity contribution in [3.8, 4) is 0 Å². The first-order valence-corrected chi connectivity index (χ1v) is 7.85. The van der Waals surface area contributed by atoms with E-state index in [2.05, 4.69) is 5.32 Å². The van der Waals surface area contributed by atoms with Crippen molar-refractivity contribution in [1.29, 1.82) is 0 Å². The summed E-state index contributed by atoms with van der Waals surface area (Å²) in [7, 11) is 0. The second kappa shape index (κ2) is 6.48. The molecule has 10 nitrogen and oxygen atoms in total. The number of rotatable bonds is 5. The van der Waals surface area contributed by atoms with E-state index in [9.17, 15) is 29.8 Å². The van der Waals surface area contributed by atoms with Gasteiger partial charge in [-0.3, -0.25) is 29.9 Å². The quantitative estimate of drug-likeness (QED) is 0.488. The number of nitrogens with one attached hydrogen (secondary N) is 1. The monoisotopic (exact) mass is 370 g/mol. The first-order valence-electron chi connectivity index (χ1n) is 7.85. The molecular weight excluding hydrogens is 356 g/mol. The maximum Gasteiger partial charge on any atom is 0.325 e. The van der Waals surface area contributed by atoms with Crippen LogP contribution in [0.1, 0.15) is 18.1 Å². The van der Waals surface area contributed by atoms with Crippen LogP contribution in [0.25, 0.3) is 0 Å². The zero-order chi connectivity index (χ0) is 19.8. The van der Waals surface area contributed by atoms with Crippen LogP contribution >= 0.6 is 0 Å². The van der Waals surface area contributed by atoms with Gasteiger partial charge in [0.2, 0.25) is 0 Å². The van der Waals surface area contributed by atoms with Gasteiger partial charge in [0.25, 0.3) is 17.3 Å². The van der Waals surface area contributed by atoms with Crippen molar-refractivity contribution in [2.45, 2.75) is 19.0 Å². The minimum Gasteiger partial charge on any atom is -0.319 e. The Morgan fingerprint density at radius 1 is 1.00 bits per heavy atom. The summed E-state index contributed by atoms with van der Waals surface area (Å²) >= 11 is 0. The van der Waals surface area contributed by atoms with E-state index >= 15 is 0 Å². The van der Waals surface area contributed by atoms with E-state index in [1.165, 1.54) is 49.4 Å². The highest BCUT2D eigenvalue weighted by Gasteiger charge is 2.49. The van der Waals surface area contributed by atoms with Gasteiger partial charge in [0.1, 0.15) is 5.54 Å². The summed E-state index contributed by atoms with van der Waals surface area (Å²) < 4.78 is 0. The van der Waals surface area contributed by atoms with Gasteiger partial charge in [-0.05, 0) is 30.2 Å². The fraction of sp³-hybridized carbons (Fsp3) is 0.176. The Balaban J connectivity index is 1.87. The molecule has 1 aliphatic rings. The summed E-state index contributed by atoms with van der Waals surface area (Å²) in [5, 5.41) is 24.2. The first-order chi connectivity index (χ1) is 12.7.